The van der Waals surface area contributed by atoms with Gasteiger partial charge in [0.15, 0.2) is 5.65 Å². The molecule has 0 spiro atoms. The van der Waals surface area contributed by atoms with Crippen LogP contribution in [0.2, 0.25) is 0 Å². The number of nitrogens with zero attached hydrogens (tertiary/aromatic N) is 4. The van der Waals surface area contributed by atoms with Gasteiger partial charge in [-0.25, -0.2) is 9.50 Å². The quantitative estimate of drug-likeness (QED) is 0.718. The monoisotopic (exact) mass is 405 g/mol. The largest absolute Gasteiger partial charge is 0.348 e. The van der Waals surface area contributed by atoms with Crippen LogP contribution in [0.25, 0.3) is 5.65 Å². The van der Waals surface area contributed by atoms with Crippen LogP contribution in [0.15, 0.2) is 42.5 Å². The number of carbonyl (C=O) groups excluding carboxylic acids is 1. The van der Waals surface area contributed by atoms with Crippen LogP contribution in [0.5, 0.6) is 0 Å². The highest BCUT2D eigenvalue weighted by Gasteiger charge is 2.24. The number of amides is 1. The number of rotatable bonds is 4. The van der Waals surface area contributed by atoms with E-state index in [1.165, 1.54) is 5.56 Å². The lowest BCUT2D eigenvalue weighted by Gasteiger charge is -2.32. The lowest BCUT2D eigenvalue weighted by Crippen LogP contribution is -2.44. The molecule has 0 bridgehead atoms. The molecule has 6 nitrogen and oxygen atoms in total. The third-order valence-corrected chi connectivity index (χ3v) is 5.73. The van der Waals surface area contributed by atoms with E-state index >= 15 is 0 Å². The second-order valence-electron chi connectivity index (χ2n) is 9.34. The molecule has 2 aromatic heterocycles. The molecule has 3 heterocycles. The van der Waals surface area contributed by atoms with Crippen molar-refractivity contribution in [2.45, 2.75) is 58.5 Å². The molecule has 4 rings (SSSR count). The first-order valence-electron chi connectivity index (χ1n) is 10.7. The molecular formula is C24H31N5O. The molecule has 158 valence electrons. The maximum absolute atomic E-state index is 13.1. The van der Waals surface area contributed by atoms with Crippen molar-refractivity contribution >= 4 is 11.6 Å². The van der Waals surface area contributed by atoms with E-state index in [0.29, 0.717) is 5.69 Å². The molecule has 30 heavy (non-hydrogen) atoms. The van der Waals surface area contributed by atoms with Gasteiger partial charge in [0.05, 0.1) is 5.69 Å². The second kappa shape index (κ2) is 8.19. The van der Waals surface area contributed by atoms with Crippen molar-refractivity contribution in [2.24, 2.45) is 0 Å². The average molecular weight is 406 g/mol. The predicted molar refractivity (Wildman–Crippen MR) is 119 cm³/mol. The molecule has 0 aliphatic carbocycles. The van der Waals surface area contributed by atoms with Crippen molar-refractivity contribution in [3.8, 4) is 0 Å². The molecule has 0 atom stereocenters. The van der Waals surface area contributed by atoms with E-state index in [1.54, 1.807) is 4.52 Å². The summed E-state index contributed by atoms with van der Waals surface area (Å²) in [7, 11) is 0. The van der Waals surface area contributed by atoms with E-state index in [0.717, 1.165) is 49.5 Å². The Kier molecular flexibility index (Phi) is 5.60. The van der Waals surface area contributed by atoms with Crippen LogP contribution in [0.4, 0.5) is 0 Å². The Hall–Kier alpha value is -2.73. The van der Waals surface area contributed by atoms with Crippen LogP contribution < -0.4 is 5.32 Å². The third kappa shape index (κ3) is 4.54. The molecule has 1 aliphatic heterocycles. The Balaban J connectivity index is 1.43. The Labute approximate surface area is 178 Å². The summed E-state index contributed by atoms with van der Waals surface area (Å²) in [6, 6.07) is 14.5. The smallest absolute Gasteiger partial charge is 0.270 e. The number of hydrogen-bond donors (Lipinski definition) is 1. The molecule has 1 aliphatic rings. The number of aromatic nitrogens is 3. The third-order valence-electron chi connectivity index (χ3n) is 5.73. The Morgan fingerprint density at radius 2 is 1.83 bits per heavy atom. The van der Waals surface area contributed by atoms with Crippen molar-refractivity contribution in [1.29, 1.82) is 0 Å². The lowest BCUT2D eigenvalue weighted by molar-refractivity contribution is 0.0901. The first kappa shape index (κ1) is 20.5. The van der Waals surface area contributed by atoms with Crippen LogP contribution >= 0.6 is 0 Å². The van der Waals surface area contributed by atoms with Crippen LogP contribution in [0.1, 0.15) is 61.1 Å². The molecule has 0 radical (unpaired) electrons. The van der Waals surface area contributed by atoms with Crippen LogP contribution in [-0.4, -0.2) is 44.5 Å². The summed E-state index contributed by atoms with van der Waals surface area (Å²) in [5.74, 6) is -0.0735. The van der Waals surface area contributed by atoms with Gasteiger partial charge in [-0.05, 0) is 31.4 Å². The summed E-state index contributed by atoms with van der Waals surface area (Å²) in [5.41, 5.74) is 4.28. The van der Waals surface area contributed by atoms with Gasteiger partial charge in [-0.3, -0.25) is 9.69 Å². The molecule has 1 fully saturated rings. The number of piperidine rings is 1. The van der Waals surface area contributed by atoms with E-state index < -0.39 is 0 Å². The minimum absolute atomic E-state index is 0.0735. The lowest BCUT2D eigenvalue weighted by atomic mass is 9.93. The van der Waals surface area contributed by atoms with Crippen molar-refractivity contribution in [3.63, 3.8) is 0 Å². The fourth-order valence-electron chi connectivity index (χ4n) is 3.96. The summed E-state index contributed by atoms with van der Waals surface area (Å²) in [6.45, 7) is 11.2. The minimum atomic E-state index is -0.0963. The highest BCUT2D eigenvalue weighted by molar-refractivity contribution is 5.93. The molecular weight excluding hydrogens is 374 g/mol. The van der Waals surface area contributed by atoms with E-state index in [-0.39, 0.29) is 17.4 Å². The number of likely N-dealkylation sites (tertiary alicyclic amines) is 1. The van der Waals surface area contributed by atoms with Gasteiger partial charge in [0.2, 0.25) is 0 Å². The zero-order chi connectivity index (χ0) is 21.3. The molecule has 6 heteroatoms. The maximum atomic E-state index is 13.1. The summed E-state index contributed by atoms with van der Waals surface area (Å²) in [4.78, 5) is 20.1. The normalized spacial score (nSPS) is 16.1. The number of fused-ring (bicyclic) bond motifs is 1. The fraction of sp³-hybridized carbons (Fsp3) is 0.458. The number of aryl methyl sites for hydroxylation is 1. The standard InChI is InChI=1S/C24H31N5O/c1-17-14-20(29-22(25-17)15-21(27-29)24(2,3)4)23(30)26-19-10-12-28(13-11-19)16-18-8-6-5-7-9-18/h5-9,14-15,19H,10-13,16H2,1-4H3,(H,26,30). The van der Waals surface area contributed by atoms with Gasteiger partial charge >= 0.3 is 0 Å². The summed E-state index contributed by atoms with van der Waals surface area (Å²) in [5, 5.41) is 7.92. The van der Waals surface area contributed by atoms with E-state index in [9.17, 15) is 4.79 Å². The zero-order valence-electron chi connectivity index (χ0n) is 18.4. The average Bonchev–Trinajstić information content (AvgIpc) is 3.14. The molecule has 1 N–H and O–H groups in total. The van der Waals surface area contributed by atoms with Crippen LogP contribution in [0.3, 0.4) is 0 Å². The van der Waals surface area contributed by atoms with E-state index in [4.69, 9.17) is 0 Å². The van der Waals surface area contributed by atoms with E-state index in [1.807, 2.05) is 25.1 Å². The zero-order valence-corrected chi connectivity index (χ0v) is 18.4. The first-order valence-corrected chi connectivity index (χ1v) is 10.7. The molecule has 3 aromatic rings. The summed E-state index contributed by atoms with van der Waals surface area (Å²) in [6.07, 6.45) is 1.91. The molecule has 1 aromatic carbocycles. The van der Waals surface area contributed by atoms with Crippen molar-refractivity contribution in [3.05, 3.63) is 65.1 Å². The Morgan fingerprint density at radius 3 is 2.50 bits per heavy atom. The SMILES string of the molecule is Cc1cc(C(=O)NC2CCN(Cc3ccccc3)CC2)n2nc(C(C)(C)C)cc2n1. The van der Waals surface area contributed by atoms with E-state index in [2.05, 4.69) is 65.3 Å². The number of benzene rings is 1. The fourth-order valence-corrected chi connectivity index (χ4v) is 3.96. The molecule has 1 amide bonds. The summed E-state index contributed by atoms with van der Waals surface area (Å²) < 4.78 is 1.69. The van der Waals surface area contributed by atoms with Gasteiger partial charge < -0.3 is 5.32 Å². The van der Waals surface area contributed by atoms with Gasteiger partial charge in [0, 0.05) is 42.9 Å². The Morgan fingerprint density at radius 1 is 1.13 bits per heavy atom. The minimum Gasteiger partial charge on any atom is -0.348 e. The van der Waals surface area contributed by atoms with Crippen molar-refractivity contribution in [1.82, 2.24) is 24.8 Å². The number of carbonyl (C=O) groups is 1. The molecule has 0 unspecified atom stereocenters. The Bertz CT molecular complexity index is 1030. The topological polar surface area (TPSA) is 62.5 Å². The van der Waals surface area contributed by atoms with Crippen LogP contribution in [-0.2, 0) is 12.0 Å². The van der Waals surface area contributed by atoms with Crippen LogP contribution in [0, 0.1) is 6.92 Å². The van der Waals surface area contributed by atoms with Gasteiger partial charge in [-0.1, -0.05) is 51.1 Å². The predicted octanol–water partition coefficient (Wildman–Crippen LogP) is 3.73. The number of hydrogen-bond acceptors (Lipinski definition) is 4. The van der Waals surface area contributed by atoms with Gasteiger partial charge in [-0.2, -0.15) is 5.10 Å². The van der Waals surface area contributed by atoms with Gasteiger partial charge in [-0.15, -0.1) is 0 Å². The highest BCUT2D eigenvalue weighted by Crippen LogP contribution is 2.22. The van der Waals surface area contributed by atoms with Gasteiger partial charge in [0.25, 0.3) is 5.91 Å². The molecule has 1 saturated heterocycles. The van der Waals surface area contributed by atoms with Crippen molar-refractivity contribution in [2.75, 3.05) is 13.1 Å². The second-order valence-corrected chi connectivity index (χ2v) is 9.34. The van der Waals surface area contributed by atoms with Gasteiger partial charge in [0.1, 0.15) is 5.69 Å². The van der Waals surface area contributed by atoms with Crippen molar-refractivity contribution < 1.29 is 4.79 Å². The number of nitrogens with one attached hydrogen (secondary N) is 1. The highest BCUT2D eigenvalue weighted by atomic mass is 16.2. The summed E-state index contributed by atoms with van der Waals surface area (Å²) >= 11 is 0. The maximum Gasteiger partial charge on any atom is 0.270 e. The first-order chi connectivity index (χ1) is 14.3. The molecule has 0 saturated carbocycles.